The molecule has 4 nitrogen and oxygen atoms in total. The molecule has 0 saturated heterocycles. The van der Waals surface area contributed by atoms with E-state index in [1.807, 2.05) is 6.92 Å². The Morgan fingerprint density at radius 3 is 2.87 bits per heavy atom. The summed E-state index contributed by atoms with van der Waals surface area (Å²) in [6.45, 7) is 2.80. The minimum atomic E-state index is 0.616. The summed E-state index contributed by atoms with van der Waals surface area (Å²) in [6, 6.07) is 0. The maximum Gasteiger partial charge on any atom is 0.221 e. The van der Waals surface area contributed by atoms with Gasteiger partial charge in [0.05, 0.1) is 12.7 Å². The van der Waals surface area contributed by atoms with Crippen LogP contribution in [0, 0.1) is 6.92 Å². The van der Waals surface area contributed by atoms with Gasteiger partial charge in [-0.2, -0.15) is 0 Å². The molecule has 0 bridgehead atoms. The van der Waals surface area contributed by atoms with Crippen molar-refractivity contribution in [3.05, 3.63) is 11.9 Å². The summed E-state index contributed by atoms with van der Waals surface area (Å²) < 4.78 is 5.10. The third-order valence-electron chi connectivity index (χ3n) is 2.08. The lowest BCUT2D eigenvalue weighted by Crippen LogP contribution is -2.06. The molecule has 0 aliphatic rings. The highest BCUT2D eigenvalue weighted by Gasteiger charge is 2.05. The molecule has 15 heavy (non-hydrogen) atoms. The second-order valence-corrected chi connectivity index (χ2v) is 3.56. The molecule has 0 aliphatic heterocycles. The highest BCUT2D eigenvalue weighted by molar-refractivity contribution is 6.17. The Hall–Kier alpha value is -1.03. The van der Waals surface area contributed by atoms with E-state index in [1.54, 1.807) is 7.11 Å². The predicted octanol–water partition coefficient (Wildman–Crippen LogP) is 2.22. The molecule has 1 heterocycles. The largest absolute Gasteiger partial charge is 0.481 e. The third kappa shape index (κ3) is 3.55. The zero-order chi connectivity index (χ0) is 11.1. The van der Waals surface area contributed by atoms with Crippen LogP contribution in [0.5, 0.6) is 5.88 Å². The number of nitrogens with zero attached hydrogens (tertiary/aromatic N) is 2. The van der Waals surface area contributed by atoms with Crippen LogP contribution in [0.2, 0.25) is 0 Å². The first-order valence-electron chi connectivity index (χ1n) is 4.95. The van der Waals surface area contributed by atoms with E-state index in [9.17, 15) is 0 Å². The standard InChI is InChI=1S/C10H16ClN3O/c1-8-9(12-6-4-3-5-11)13-7-14-10(8)15-2/h7H,3-6H2,1-2H3,(H,12,13,14). The molecule has 0 spiro atoms. The number of methoxy groups -OCH3 is 1. The number of ether oxygens (including phenoxy) is 1. The van der Waals surface area contributed by atoms with Crippen LogP contribution >= 0.6 is 11.6 Å². The summed E-state index contributed by atoms with van der Waals surface area (Å²) in [4.78, 5) is 8.16. The van der Waals surface area contributed by atoms with Gasteiger partial charge in [0.25, 0.3) is 0 Å². The van der Waals surface area contributed by atoms with Gasteiger partial charge in [-0.15, -0.1) is 11.6 Å². The molecule has 0 saturated carbocycles. The van der Waals surface area contributed by atoms with Gasteiger partial charge in [-0.25, -0.2) is 9.97 Å². The maximum absolute atomic E-state index is 5.59. The van der Waals surface area contributed by atoms with Crippen LogP contribution in [0.15, 0.2) is 6.33 Å². The summed E-state index contributed by atoms with van der Waals surface area (Å²) in [7, 11) is 1.60. The van der Waals surface area contributed by atoms with E-state index in [4.69, 9.17) is 16.3 Å². The molecule has 0 aliphatic carbocycles. The van der Waals surface area contributed by atoms with Gasteiger partial charge < -0.3 is 10.1 Å². The Kier molecular flexibility index (Phi) is 5.18. The van der Waals surface area contributed by atoms with Crippen LogP contribution in [0.3, 0.4) is 0 Å². The van der Waals surface area contributed by atoms with Crippen molar-refractivity contribution < 1.29 is 4.74 Å². The van der Waals surface area contributed by atoms with E-state index in [2.05, 4.69) is 15.3 Å². The molecule has 0 amide bonds. The van der Waals surface area contributed by atoms with Crippen molar-refractivity contribution in [2.45, 2.75) is 19.8 Å². The number of nitrogens with one attached hydrogen (secondary N) is 1. The summed E-state index contributed by atoms with van der Waals surface area (Å²) in [5, 5.41) is 3.23. The second-order valence-electron chi connectivity index (χ2n) is 3.18. The van der Waals surface area contributed by atoms with Gasteiger partial charge >= 0.3 is 0 Å². The molecule has 5 heteroatoms. The molecule has 84 valence electrons. The van der Waals surface area contributed by atoms with Gasteiger partial charge in [0.2, 0.25) is 5.88 Å². The molecule has 1 aromatic heterocycles. The zero-order valence-corrected chi connectivity index (χ0v) is 9.84. The van der Waals surface area contributed by atoms with E-state index in [-0.39, 0.29) is 0 Å². The number of aromatic nitrogens is 2. The summed E-state index contributed by atoms with van der Waals surface area (Å²) in [6.07, 6.45) is 3.54. The fourth-order valence-corrected chi connectivity index (χ4v) is 1.43. The Bertz CT molecular complexity index is 307. The predicted molar refractivity (Wildman–Crippen MR) is 61.8 cm³/mol. The Balaban J connectivity index is 2.53. The van der Waals surface area contributed by atoms with Crippen molar-refractivity contribution in [1.29, 1.82) is 0 Å². The molecule has 0 fully saturated rings. The highest BCUT2D eigenvalue weighted by atomic mass is 35.5. The highest BCUT2D eigenvalue weighted by Crippen LogP contribution is 2.19. The number of anilines is 1. The van der Waals surface area contributed by atoms with Crippen molar-refractivity contribution in [2.75, 3.05) is 24.9 Å². The molecule has 1 N–H and O–H groups in total. The first-order valence-corrected chi connectivity index (χ1v) is 5.48. The van der Waals surface area contributed by atoms with Crippen molar-refractivity contribution in [2.24, 2.45) is 0 Å². The minimum absolute atomic E-state index is 0.616. The van der Waals surface area contributed by atoms with E-state index in [0.29, 0.717) is 11.8 Å². The number of unbranched alkanes of at least 4 members (excludes halogenated alkanes) is 1. The molecule has 1 aromatic rings. The SMILES string of the molecule is COc1ncnc(NCCCCCl)c1C. The van der Waals surface area contributed by atoms with E-state index < -0.39 is 0 Å². The van der Waals surface area contributed by atoms with Gasteiger partial charge in [-0.3, -0.25) is 0 Å². The maximum atomic E-state index is 5.59. The van der Waals surface area contributed by atoms with Crippen LogP contribution in [-0.2, 0) is 0 Å². The molecule has 0 radical (unpaired) electrons. The number of rotatable bonds is 6. The van der Waals surface area contributed by atoms with Crippen molar-refractivity contribution >= 4 is 17.4 Å². The first kappa shape index (κ1) is 12.0. The third-order valence-corrected chi connectivity index (χ3v) is 2.35. The van der Waals surface area contributed by atoms with Crippen LogP contribution in [-0.4, -0.2) is 29.5 Å². The Labute approximate surface area is 95.0 Å². The molecular formula is C10H16ClN3O. The first-order chi connectivity index (χ1) is 7.29. The average molecular weight is 230 g/mol. The van der Waals surface area contributed by atoms with Crippen LogP contribution < -0.4 is 10.1 Å². The summed E-state index contributed by atoms with van der Waals surface area (Å²) >= 11 is 5.59. The number of alkyl halides is 1. The van der Waals surface area contributed by atoms with Gasteiger partial charge in [0, 0.05) is 12.4 Å². The summed E-state index contributed by atoms with van der Waals surface area (Å²) in [5.41, 5.74) is 0.936. The smallest absolute Gasteiger partial charge is 0.221 e. The average Bonchev–Trinajstić information content (AvgIpc) is 2.26. The molecule has 1 rings (SSSR count). The lowest BCUT2D eigenvalue weighted by molar-refractivity contribution is 0.393. The zero-order valence-electron chi connectivity index (χ0n) is 9.09. The fourth-order valence-electron chi connectivity index (χ4n) is 1.24. The number of hydrogen-bond donors (Lipinski definition) is 1. The number of hydrogen-bond acceptors (Lipinski definition) is 4. The van der Waals surface area contributed by atoms with E-state index in [1.165, 1.54) is 6.33 Å². The van der Waals surface area contributed by atoms with Gasteiger partial charge in [0.1, 0.15) is 12.1 Å². The monoisotopic (exact) mass is 229 g/mol. The minimum Gasteiger partial charge on any atom is -0.481 e. The van der Waals surface area contributed by atoms with Crippen molar-refractivity contribution in [1.82, 2.24) is 9.97 Å². The van der Waals surface area contributed by atoms with Gasteiger partial charge in [-0.1, -0.05) is 0 Å². The quantitative estimate of drug-likeness (QED) is 0.600. The molecule has 0 atom stereocenters. The summed E-state index contributed by atoms with van der Waals surface area (Å²) in [5.74, 6) is 2.15. The van der Waals surface area contributed by atoms with Crippen LogP contribution in [0.1, 0.15) is 18.4 Å². The normalized spacial score (nSPS) is 10.1. The molecule has 0 aromatic carbocycles. The van der Waals surface area contributed by atoms with Crippen molar-refractivity contribution in [3.63, 3.8) is 0 Å². The van der Waals surface area contributed by atoms with Crippen molar-refractivity contribution in [3.8, 4) is 5.88 Å². The van der Waals surface area contributed by atoms with Gasteiger partial charge in [-0.05, 0) is 19.8 Å². The topological polar surface area (TPSA) is 47.0 Å². The molecular weight excluding hydrogens is 214 g/mol. The van der Waals surface area contributed by atoms with Crippen LogP contribution in [0.25, 0.3) is 0 Å². The lowest BCUT2D eigenvalue weighted by Gasteiger charge is -2.09. The van der Waals surface area contributed by atoms with Gasteiger partial charge in [0.15, 0.2) is 0 Å². The molecule has 0 unspecified atom stereocenters. The fraction of sp³-hybridized carbons (Fsp3) is 0.600. The number of halogens is 1. The second kappa shape index (κ2) is 6.45. The van der Waals surface area contributed by atoms with E-state index in [0.717, 1.165) is 30.8 Å². The van der Waals surface area contributed by atoms with E-state index >= 15 is 0 Å². The Morgan fingerprint density at radius 1 is 1.40 bits per heavy atom. The lowest BCUT2D eigenvalue weighted by atomic mass is 10.3. The Morgan fingerprint density at radius 2 is 2.20 bits per heavy atom. The van der Waals surface area contributed by atoms with Crippen LogP contribution in [0.4, 0.5) is 5.82 Å².